The number of nitrogens with zero attached hydrogens (tertiary/aromatic N) is 1. The van der Waals surface area contributed by atoms with Gasteiger partial charge in [-0.25, -0.2) is 8.42 Å². The van der Waals surface area contributed by atoms with Crippen molar-refractivity contribution in [2.75, 3.05) is 17.8 Å². The Labute approximate surface area is 149 Å². The number of carbonyl (C=O) groups is 1. The van der Waals surface area contributed by atoms with Gasteiger partial charge in [-0.1, -0.05) is 17.7 Å². The number of hydrogen-bond acceptors (Lipinski definition) is 3. The van der Waals surface area contributed by atoms with Crippen LogP contribution in [0.3, 0.4) is 0 Å². The van der Waals surface area contributed by atoms with Crippen molar-refractivity contribution in [3.63, 3.8) is 0 Å². The Balaban J connectivity index is 2.22. The van der Waals surface area contributed by atoms with Crippen LogP contribution in [0.4, 0.5) is 5.69 Å². The van der Waals surface area contributed by atoms with Crippen molar-refractivity contribution in [3.05, 3.63) is 59.2 Å². The van der Waals surface area contributed by atoms with Crippen molar-refractivity contribution in [1.82, 2.24) is 4.90 Å². The predicted molar refractivity (Wildman–Crippen MR) is 100 cm³/mol. The molecule has 2 aromatic carbocycles. The number of sulfonamides is 1. The van der Waals surface area contributed by atoms with Gasteiger partial charge in [0.1, 0.15) is 0 Å². The minimum atomic E-state index is -3.66. The van der Waals surface area contributed by atoms with E-state index in [0.717, 1.165) is 5.56 Å². The smallest absolute Gasteiger partial charge is 0.262 e. The minimum absolute atomic E-state index is 0.0613. The highest BCUT2D eigenvalue weighted by Crippen LogP contribution is 2.21. The summed E-state index contributed by atoms with van der Waals surface area (Å²) in [5, 5.41) is 0. The van der Waals surface area contributed by atoms with E-state index < -0.39 is 10.0 Å². The van der Waals surface area contributed by atoms with E-state index in [2.05, 4.69) is 4.72 Å². The van der Waals surface area contributed by atoms with Gasteiger partial charge in [0.2, 0.25) is 0 Å². The Morgan fingerprint density at radius 1 is 1.00 bits per heavy atom. The quantitative estimate of drug-likeness (QED) is 0.856. The normalized spacial score (nSPS) is 11.2. The Morgan fingerprint density at radius 3 is 2.12 bits per heavy atom. The summed E-state index contributed by atoms with van der Waals surface area (Å²) in [5.74, 6) is -0.0613. The maximum Gasteiger partial charge on any atom is 0.262 e. The third-order valence-electron chi connectivity index (χ3n) is 4.05. The van der Waals surface area contributed by atoms with E-state index >= 15 is 0 Å². The van der Waals surface area contributed by atoms with Crippen LogP contribution in [0, 0.1) is 13.8 Å². The van der Waals surface area contributed by atoms with Crippen molar-refractivity contribution in [2.45, 2.75) is 32.6 Å². The molecular weight excluding hydrogens is 336 g/mol. The van der Waals surface area contributed by atoms with Gasteiger partial charge in [-0.3, -0.25) is 9.52 Å². The zero-order valence-corrected chi connectivity index (χ0v) is 15.9. The van der Waals surface area contributed by atoms with E-state index in [1.54, 1.807) is 48.2 Å². The van der Waals surface area contributed by atoms with E-state index in [9.17, 15) is 13.2 Å². The van der Waals surface area contributed by atoms with Gasteiger partial charge in [-0.05, 0) is 63.6 Å². The summed E-state index contributed by atoms with van der Waals surface area (Å²) in [7, 11) is -3.66. The first-order valence-corrected chi connectivity index (χ1v) is 9.76. The maximum atomic E-state index is 12.6. The molecule has 0 unspecified atom stereocenters. The second-order valence-corrected chi connectivity index (χ2v) is 7.58. The van der Waals surface area contributed by atoms with Crippen molar-refractivity contribution in [2.24, 2.45) is 0 Å². The zero-order chi connectivity index (χ0) is 18.6. The lowest BCUT2D eigenvalue weighted by atomic mass is 10.2. The van der Waals surface area contributed by atoms with E-state index in [1.807, 2.05) is 26.8 Å². The topological polar surface area (TPSA) is 66.5 Å². The van der Waals surface area contributed by atoms with Gasteiger partial charge in [0.25, 0.3) is 15.9 Å². The first kappa shape index (κ1) is 19.0. The molecule has 134 valence electrons. The lowest BCUT2D eigenvalue weighted by Crippen LogP contribution is -2.30. The largest absolute Gasteiger partial charge is 0.339 e. The van der Waals surface area contributed by atoms with Gasteiger partial charge in [0, 0.05) is 24.3 Å². The molecule has 5 nitrogen and oxygen atoms in total. The summed E-state index contributed by atoms with van der Waals surface area (Å²) in [4.78, 5) is 14.3. The summed E-state index contributed by atoms with van der Waals surface area (Å²) in [6.07, 6.45) is 0. The van der Waals surface area contributed by atoms with Gasteiger partial charge in [-0.15, -0.1) is 0 Å². The number of hydrogen-bond donors (Lipinski definition) is 1. The number of amides is 1. The molecule has 0 saturated heterocycles. The molecule has 0 atom stereocenters. The lowest BCUT2D eigenvalue weighted by molar-refractivity contribution is 0.0773. The predicted octanol–water partition coefficient (Wildman–Crippen LogP) is 3.59. The summed E-state index contributed by atoms with van der Waals surface area (Å²) >= 11 is 0. The molecule has 0 radical (unpaired) electrons. The highest BCUT2D eigenvalue weighted by atomic mass is 32.2. The second kappa shape index (κ2) is 7.70. The first-order chi connectivity index (χ1) is 11.8. The molecule has 0 saturated carbocycles. The average Bonchev–Trinajstić information content (AvgIpc) is 2.55. The second-order valence-electron chi connectivity index (χ2n) is 5.93. The zero-order valence-electron chi connectivity index (χ0n) is 15.0. The third-order valence-corrected chi connectivity index (χ3v) is 5.60. The SMILES string of the molecule is CCN(CC)C(=O)c1ccc(NS(=O)(=O)c2ccc(C)cc2C)cc1. The van der Waals surface area contributed by atoms with Crippen LogP contribution in [0.15, 0.2) is 47.4 Å². The fraction of sp³-hybridized carbons (Fsp3) is 0.316. The Bertz CT molecular complexity index is 855. The van der Waals surface area contributed by atoms with Crippen molar-refractivity contribution in [3.8, 4) is 0 Å². The summed E-state index contributed by atoms with van der Waals surface area (Å²) in [6.45, 7) is 8.81. The van der Waals surface area contributed by atoms with E-state index in [4.69, 9.17) is 0 Å². The van der Waals surface area contributed by atoms with Gasteiger partial charge < -0.3 is 4.90 Å². The molecule has 6 heteroatoms. The maximum absolute atomic E-state index is 12.6. The van der Waals surface area contributed by atoms with Crippen molar-refractivity contribution >= 4 is 21.6 Å². The molecule has 0 spiro atoms. The van der Waals surface area contributed by atoms with Crippen LogP contribution in [0.25, 0.3) is 0 Å². The van der Waals surface area contributed by atoms with Crippen LogP contribution >= 0.6 is 0 Å². The molecule has 0 aliphatic rings. The average molecular weight is 360 g/mol. The number of carbonyl (C=O) groups excluding carboxylic acids is 1. The summed E-state index contributed by atoms with van der Waals surface area (Å²) < 4.78 is 27.7. The van der Waals surface area contributed by atoms with Crippen LogP contribution < -0.4 is 4.72 Å². The van der Waals surface area contributed by atoms with E-state index in [0.29, 0.717) is 29.9 Å². The minimum Gasteiger partial charge on any atom is -0.339 e. The van der Waals surface area contributed by atoms with Gasteiger partial charge in [0.15, 0.2) is 0 Å². The van der Waals surface area contributed by atoms with Crippen LogP contribution in [0.2, 0.25) is 0 Å². The van der Waals surface area contributed by atoms with Crippen LogP contribution in [0.5, 0.6) is 0 Å². The van der Waals surface area contributed by atoms with E-state index in [-0.39, 0.29) is 10.8 Å². The van der Waals surface area contributed by atoms with E-state index in [1.165, 1.54) is 0 Å². The summed E-state index contributed by atoms with van der Waals surface area (Å²) in [6, 6.07) is 11.7. The molecule has 2 aromatic rings. The van der Waals surface area contributed by atoms with Crippen molar-refractivity contribution in [1.29, 1.82) is 0 Å². The molecule has 0 aromatic heterocycles. The van der Waals surface area contributed by atoms with Gasteiger partial charge in [0.05, 0.1) is 4.90 Å². The van der Waals surface area contributed by atoms with Crippen LogP contribution in [-0.2, 0) is 10.0 Å². The monoisotopic (exact) mass is 360 g/mol. The molecule has 0 bridgehead atoms. The summed E-state index contributed by atoms with van der Waals surface area (Å²) in [5.41, 5.74) is 2.67. The fourth-order valence-corrected chi connectivity index (χ4v) is 3.97. The molecule has 0 aliphatic carbocycles. The Morgan fingerprint density at radius 2 is 1.60 bits per heavy atom. The van der Waals surface area contributed by atoms with Gasteiger partial charge >= 0.3 is 0 Å². The number of benzene rings is 2. The molecule has 1 N–H and O–H groups in total. The highest BCUT2D eigenvalue weighted by Gasteiger charge is 2.17. The molecular formula is C19H24N2O3S. The number of rotatable bonds is 6. The Hall–Kier alpha value is -2.34. The highest BCUT2D eigenvalue weighted by molar-refractivity contribution is 7.92. The molecule has 25 heavy (non-hydrogen) atoms. The lowest BCUT2D eigenvalue weighted by Gasteiger charge is -2.18. The molecule has 1 amide bonds. The Kier molecular flexibility index (Phi) is 5.85. The standard InChI is InChI=1S/C19H24N2O3S/c1-5-21(6-2)19(22)16-8-10-17(11-9-16)20-25(23,24)18-12-7-14(3)13-15(18)4/h7-13,20H,5-6H2,1-4H3. The number of aryl methyl sites for hydroxylation is 2. The molecule has 2 rings (SSSR count). The van der Waals surface area contributed by atoms with Crippen LogP contribution in [-0.4, -0.2) is 32.3 Å². The third kappa shape index (κ3) is 4.39. The number of nitrogens with one attached hydrogen (secondary N) is 1. The molecule has 0 heterocycles. The first-order valence-electron chi connectivity index (χ1n) is 8.28. The van der Waals surface area contributed by atoms with Crippen molar-refractivity contribution < 1.29 is 13.2 Å². The molecule has 0 aliphatic heterocycles. The molecule has 0 fully saturated rings. The van der Waals surface area contributed by atoms with Crippen LogP contribution in [0.1, 0.15) is 35.3 Å². The van der Waals surface area contributed by atoms with Gasteiger partial charge in [-0.2, -0.15) is 0 Å². The number of anilines is 1. The fourth-order valence-electron chi connectivity index (χ4n) is 2.69.